The van der Waals surface area contributed by atoms with Crippen molar-refractivity contribution in [3.05, 3.63) is 60.2 Å². The molecule has 0 amide bonds. The molecule has 2 rings (SSSR count). The van der Waals surface area contributed by atoms with Gasteiger partial charge in [0.1, 0.15) is 0 Å². The van der Waals surface area contributed by atoms with Crippen LogP contribution in [0.4, 0.5) is 0 Å². The van der Waals surface area contributed by atoms with Crippen LogP contribution in [-0.2, 0) is 6.42 Å². The summed E-state index contributed by atoms with van der Waals surface area (Å²) >= 11 is 0. The normalized spacial score (nSPS) is 11.0. The third-order valence-electron chi connectivity index (χ3n) is 5.52. The minimum atomic E-state index is 1.20. The van der Waals surface area contributed by atoms with Crippen molar-refractivity contribution in [2.75, 3.05) is 0 Å². The van der Waals surface area contributed by atoms with Crippen molar-refractivity contribution in [3.63, 3.8) is 0 Å². The summed E-state index contributed by atoms with van der Waals surface area (Å²) in [7, 11) is 0. The molecule has 0 aliphatic heterocycles. The first-order valence-electron chi connectivity index (χ1n) is 11.5. The van der Waals surface area contributed by atoms with Gasteiger partial charge in [0.25, 0.3) is 0 Å². The Labute approximate surface area is 168 Å². The van der Waals surface area contributed by atoms with Crippen LogP contribution in [0.3, 0.4) is 0 Å². The molecule has 0 nitrogen and oxygen atoms in total. The van der Waals surface area contributed by atoms with Crippen molar-refractivity contribution in [2.24, 2.45) is 0 Å². The number of benzene rings is 2. The lowest BCUT2D eigenvalue weighted by molar-refractivity contribution is 0.539. The molecule has 0 fully saturated rings. The quantitative estimate of drug-likeness (QED) is 0.277. The molecule has 2 aromatic rings. The molecule has 0 heterocycles. The van der Waals surface area contributed by atoms with Crippen LogP contribution in [0.25, 0.3) is 11.1 Å². The van der Waals surface area contributed by atoms with Gasteiger partial charge >= 0.3 is 0 Å². The van der Waals surface area contributed by atoms with E-state index in [4.69, 9.17) is 0 Å². The van der Waals surface area contributed by atoms with E-state index in [0.717, 1.165) is 0 Å². The maximum Gasteiger partial charge on any atom is -0.00992 e. The number of rotatable bonds is 15. The molecule has 2 aromatic carbocycles. The van der Waals surface area contributed by atoms with Gasteiger partial charge in [0.15, 0.2) is 0 Å². The summed E-state index contributed by atoms with van der Waals surface area (Å²) in [5.41, 5.74) is 3.96. The standard InChI is InChI=1S/C27H39/c1-2-3-4-5-6-7-8-9-10-11-12-13-15-19-25-20-18-23-27(24-25)26-21-16-14-17-22-26/h14,16-18,20-21,23-24H,2-13,15,19H2,1H3. The van der Waals surface area contributed by atoms with E-state index in [1.807, 2.05) is 12.1 Å². The number of hydrogen-bond acceptors (Lipinski definition) is 0. The second kappa shape index (κ2) is 14.5. The highest BCUT2D eigenvalue weighted by molar-refractivity contribution is 5.63. The van der Waals surface area contributed by atoms with Crippen LogP contribution in [0, 0.1) is 6.07 Å². The molecule has 147 valence electrons. The van der Waals surface area contributed by atoms with Crippen LogP contribution >= 0.6 is 0 Å². The van der Waals surface area contributed by atoms with E-state index < -0.39 is 0 Å². The minimum absolute atomic E-state index is 1.20. The maximum atomic E-state index is 3.33. The second-order valence-corrected chi connectivity index (χ2v) is 7.97. The first-order valence-corrected chi connectivity index (χ1v) is 11.5. The Morgan fingerprint density at radius 3 is 1.85 bits per heavy atom. The van der Waals surface area contributed by atoms with Gasteiger partial charge in [-0.1, -0.05) is 133 Å². The molecule has 0 spiro atoms. The van der Waals surface area contributed by atoms with Gasteiger partial charge < -0.3 is 0 Å². The minimum Gasteiger partial charge on any atom is -0.0654 e. The molecule has 0 unspecified atom stereocenters. The van der Waals surface area contributed by atoms with Gasteiger partial charge in [-0.2, -0.15) is 0 Å². The monoisotopic (exact) mass is 363 g/mol. The fourth-order valence-corrected chi connectivity index (χ4v) is 3.81. The third-order valence-corrected chi connectivity index (χ3v) is 5.52. The SMILES string of the molecule is CCCCCCCCCCCCCCCc1cccc(-c2[c]cccc2)c1. The summed E-state index contributed by atoms with van der Waals surface area (Å²) in [6, 6.07) is 20.6. The van der Waals surface area contributed by atoms with E-state index in [1.165, 1.54) is 107 Å². The van der Waals surface area contributed by atoms with Crippen molar-refractivity contribution < 1.29 is 0 Å². The predicted molar refractivity (Wildman–Crippen MR) is 120 cm³/mol. The van der Waals surface area contributed by atoms with Crippen molar-refractivity contribution in [1.82, 2.24) is 0 Å². The lowest BCUT2D eigenvalue weighted by Gasteiger charge is -2.06. The Morgan fingerprint density at radius 2 is 1.26 bits per heavy atom. The Kier molecular flexibility index (Phi) is 11.7. The molecule has 1 radical (unpaired) electrons. The number of unbranched alkanes of at least 4 members (excludes halogenated alkanes) is 12. The third kappa shape index (κ3) is 9.80. The van der Waals surface area contributed by atoms with E-state index in [2.05, 4.69) is 49.4 Å². The first-order chi connectivity index (χ1) is 13.4. The van der Waals surface area contributed by atoms with Gasteiger partial charge in [0, 0.05) is 0 Å². The highest BCUT2D eigenvalue weighted by Gasteiger charge is 2.00. The summed E-state index contributed by atoms with van der Waals surface area (Å²) < 4.78 is 0. The van der Waals surface area contributed by atoms with E-state index >= 15 is 0 Å². The molecule has 0 aromatic heterocycles. The zero-order valence-electron chi connectivity index (χ0n) is 17.5. The fourth-order valence-electron chi connectivity index (χ4n) is 3.81. The van der Waals surface area contributed by atoms with Crippen LogP contribution in [-0.4, -0.2) is 0 Å². The Balaban J connectivity index is 1.48. The average Bonchev–Trinajstić information content (AvgIpc) is 2.72. The van der Waals surface area contributed by atoms with Gasteiger partial charge in [0.2, 0.25) is 0 Å². The zero-order valence-corrected chi connectivity index (χ0v) is 17.5. The summed E-state index contributed by atoms with van der Waals surface area (Å²) in [5.74, 6) is 0. The fraction of sp³-hybridized carbons (Fsp3) is 0.556. The van der Waals surface area contributed by atoms with Gasteiger partial charge in [-0.3, -0.25) is 0 Å². The molecule has 27 heavy (non-hydrogen) atoms. The van der Waals surface area contributed by atoms with Crippen LogP contribution in [0.15, 0.2) is 48.5 Å². The summed E-state index contributed by atoms with van der Waals surface area (Å²) in [4.78, 5) is 0. The molecule has 0 bridgehead atoms. The van der Waals surface area contributed by atoms with E-state index in [0.29, 0.717) is 0 Å². The highest BCUT2D eigenvalue weighted by Crippen LogP contribution is 2.21. The molecule has 0 N–H and O–H groups in total. The van der Waals surface area contributed by atoms with Crippen LogP contribution in [0.1, 0.15) is 96.0 Å². The highest BCUT2D eigenvalue weighted by atomic mass is 14.0. The first kappa shape index (κ1) is 21.7. The van der Waals surface area contributed by atoms with Gasteiger partial charge in [0.05, 0.1) is 0 Å². The predicted octanol–water partition coefficient (Wildman–Crippen LogP) is 8.79. The second-order valence-electron chi connectivity index (χ2n) is 7.97. The summed E-state index contributed by atoms with van der Waals surface area (Å²) in [6.07, 6.45) is 19.7. The average molecular weight is 364 g/mol. The van der Waals surface area contributed by atoms with Crippen molar-refractivity contribution >= 4 is 0 Å². The van der Waals surface area contributed by atoms with E-state index in [9.17, 15) is 0 Å². The Bertz CT molecular complexity index is 584. The van der Waals surface area contributed by atoms with Crippen molar-refractivity contribution in [1.29, 1.82) is 0 Å². The van der Waals surface area contributed by atoms with Crippen LogP contribution in [0.5, 0.6) is 0 Å². The largest absolute Gasteiger partial charge is 0.0654 e. The lowest BCUT2D eigenvalue weighted by Crippen LogP contribution is -1.88. The number of aryl methyl sites for hydroxylation is 1. The van der Waals surface area contributed by atoms with Crippen LogP contribution in [0.2, 0.25) is 0 Å². The molecule has 0 saturated heterocycles. The topological polar surface area (TPSA) is 0 Å². The van der Waals surface area contributed by atoms with Gasteiger partial charge in [-0.25, -0.2) is 0 Å². The van der Waals surface area contributed by atoms with E-state index in [1.54, 1.807) is 0 Å². The van der Waals surface area contributed by atoms with Gasteiger partial charge in [-0.15, -0.1) is 0 Å². The zero-order chi connectivity index (χ0) is 19.0. The maximum absolute atomic E-state index is 3.33. The van der Waals surface area contributed by atoms with Gasteiger partial charge in [-0.05, 0) is 35.6 Å². The summed E-state index contributed by atoms with van der Waals surface area (Å²) in [5, 5.41) is 0. The molecule has 0 aliphatic rings. The molecule has 0 heteroatoms. The Hall–Kier alpha value is -1.56. The molecular formula is C27H39. The lowest BCUT2D eigenvalue weighted by atomic mass is 9.99. The number of hydrogen-bond donors (Lipinski definition) is 0. The Morgan fingerprint density at radius 1 is 0.630 bits per heavy atom. The summed E-state index contributed by atoms with van der Waals surface area (Å²) in [6.45, 7) is 2.29. The van der Waals surface area contributed by atoms with Crippen molar-refractivity contribution in [2.45, 2.75) is 96.8 Å². The molecule has 0 atom stereocenters. The van der Waals surface area contributed by atoms with Crippen LogP contribution < -0.4 is 0 Å². The molecular weight excluding hydrogens is 324 g/mol. The van der Waals surface area contributed by atoms with E-state index in [-0.39, 0.29) is 0 Å². The molecule has 0 saturated carbocycles. The molecule has 0 aliphatic carbocycles. The van der Waals surface area contributed by atoms with Crippen molar-refractivity contribution in [3.8, 4) is 11.1 Å². The smallest absolute Gasteiger partial charge is 0.00992 e.